The molecule has 2 rings (SSSR count). The number of carbonyl (C=O) groups excluding carboxylic acids is 1. The van der Waals surface area contributed by atoms with Crippen molar-refractivity contribution >= 4 is 27.5 Å². The summed E-state index contributed by atoms with van der Waals surface area (Å²) >= 11 is 3.46. The van der Waals surface area contributed by atoms with E-state index < -0.39 is 0 Å². The molecule has 0 fully saturated rings. The van der Waals surface area contributed by atoms with Gasteiger partial charge in [-0.2, -0.15) is 0 Å². The Kier molecular flexibility index (Phi) is 4.52. The number of amides is 1. The van der Waals surface area contributed by atoms with E-state index in [-0.39, 0.29) is 17.4 Å². The van der Waals surface area contributed by atoms with Crippen molar-refractivity contribution in [3.8, 4) is 0 Å². The molecule has 5 heteroatoms. The molecule has 20 heavy (non-hydrogen) atoms. The van der Waals surface area contributed by atoms with Crippen LogP contribution in [-0.2, 0) is 4.79 Å². The van der Waals surface area contributed by atoms with Gasteiger partial charge in [0.25, 0.3) is 0 Å². The largest absolute Gasteiger partial charge is 0.324 e. The number of carbonyl (C=O) groups is 1. The molecule has 0 spiro atoms. The summed E-state index contributed by atoms with van der Waals surface area (Å²) in [7, 11) is 4.13. The lowest BCUT2D eigenvalue weighted by Crippen LogP contribution is -2.40. The summed E-state index contributed by atoms with van der Waals surface area (Å²) in [5.74, 6) is 0.0266. The molecule has 0 bridgehead atoms. The molecule has 0 radical (unpaired) electrons. The normalized spacial score (nSPS) is 18.3. The number of hydrogen-bond donors (Lipinski definition) is 2. The number of hydrogen-bond acceptors (Lipinski definition) is 3. The van der Waals surface area contributed by atoms with Crippen molar-refractivity contribution in [1.29, 1.82) is 0 Å². The summed E-state index contributed by atoms with van der Waals surface area (Å²) in [6.07, 6.45) is 0. The van der Waals surface area contributed by atoms with Crippen molar-refractivity contribution in [3.63, 3.8) is 0 Å². The zero-order chi connectivity index (χ0) is 14.9. The van der Waals surface area contributed by atoms with Crippen molar-refractivity contribution in [2.75, 3.05) is 32.5 Å². The fraction of sp³-hybridized carbons (Fsp3) is 0.533. The van der Waals surface area contributed by atoms with Crippen LogP contribution < -0.4 is 10.6 Å². The van der Waals surface area contributed by atoms with E-state index in [1.807, 2.05) is 18.2 Å². The molecular weight excluding hydrogens is 318 g/mol. The molecule has 0 saturated heterocycles. The van der Waals surface area contributed by atoms with Gasteiger partial charge in [0.2, 0.25) is 5.91 Å². The summed E-state index contributed by atoms with van der Waals surface area (Å²) in [6.45, 7) is 6.16. The van der Waals surface area contributed by atoms with E-state index in [2.05, 4.69) is 59.4 Å². The van der Waals surface area contributed by atoms with Crippen molar-refractivity contribution in [3.05, 3.63) is 28.2 Å². The zero-order valence-electron chi connectivity index (χ0n) is 12.5. The number of nitrogens with one attached hydrogen (secondary N) is 2. The topological polar surface area (TPSA) is 44.4 Å². The van der Waals surface area contributed by atoms with Gasteiger partial charge in [0.05, 0.1) is 0 Å². The van der Waals surface area contributed by atoms with Crippen molar-refractivity contribution in [1.82, 2.24) is 10.2 Å². The highest BCUT2D eigenvalue weighted by molar-refractivity contribution is 9.10. The summed E-state index contributed by atoms with van der Waals surface area (Å²) in [5.41, 5.74) is 2.03. The Morgan fingerprint density at radius 3 is 2.75 bits per heavy atom. The first-order valence-electron chi connectivity index (χ1n) is 6.77. The van der Waals surface area contributed by atoms with E-state index in [4.69, 9.17) is 0 Å². The minimum atomic E-state index is -0.260. The molecule has 110 valence electrons. The smallest absolute Gasteiger partial charge is 0.246 e. The predicted octanol–water partition coefficient (Wildman–Crippen LogP) is 2.62. The Labute approximate surface area is 129 Å². The first-order valence-corrected chi connectivity index (χ1v) is 7.56. The molecule has 2 N–H and O–H groups in total. The molecule has 1 heterocycles. The van der Waals surface area contributed by atoms with Gasteiger partial charge >= 0.3 is 0 Å². The van der Waals surface area contributed by atoms with Gasteiger partial charge < -0.3 is 15.5 Å². The van der Waals surface area contributed by atoms with Gasteiger partial charge in [-0.15, -0.1) is 0 Å². The molecule has 1 aliphatic rings. The van der Waals surface area contributed by atoms with E-state index in [1.54, 1.807) is 0 Å². The number of anilines is 1. The first-order chi connectivity index (χ1) is 9.28. The Morgan fingerprint density at radius 2 is 2.10 bits per heavy atom. The van der Waals surface area contributed by atoms with Crippen LogP contribution in [0.3, 0.4) is 0 Å². The van der Waals surface area contributed by atoms with Crippen LogP contribution in [0.15, 0.2) is 22.7 Å². The van der Waals surface area contributed by atoms with Gasteiger partial charge in [-0.05, 0) is 37.7 Å². The van der Waals surface area contributed by atoms with Gasteiger partial charge in [-0.25, -0.2) is 0 Å². The number of benzene rings is 1. The fourth-order valence-corrected chi connectivity index (χ4v) is 3.10. The summed E-state index contributed by atoms with van der Waals surface area (Å²) in [4.78, 5) is 14.2. The molecule has 1 atom stereocenters. The molecule has 0 saturated carbocycles. The summed E-state index contributed by atoms with van der Waals surface area (Å²) in [5, 5.41) is 6.32. The Hall–Kier alpha value is -0.910. The van der Waals surface area contributed by atoms with E-state index >= 15 is 0 Å². The zero-order valence-corrected chi connectivity index (χ0v) is 14.0. The lowest BCUT2D eigenvalue weighted by molar-refractivity contribution is -0.117. The van der Waals surface area contributed by atoms with Gasteiger partial charge in [-0.1, -0.05) is 29.8 Å². The summed E-state index contributed by atoms with van der Waals surface area (Å²) in [6, 6.07) is 5.62. The third-order valence-corrected chi connectivity index (χ3v) is 3.87. The van der Waals surface area contributed by atoms with Crippen LogP contribution in [0.2, 0.25) is 0 Å². The van der Waals surface area contributed by atoms with Gasteiger partial charge in [0.15, 0.2) is 0 Å². The second kappa shape index (κ2) is 5.84. The number of nitrogens with zero attached hydrogens (tertiary/aromatic N) is 1. The van der Waals surface area contributed by atoms with Gasteiger partial charge in [0, 0.05) is 28.8 Å². The summed E-state index contributed by atoms with van der Waals surface area (Å²) < 4.78 is 0.993. The molecule has 4 nitrogen and oxygen atoms in total. The number of rotatable bonds is 5. The maximum atomic E-state index is 12.1. The average Bonchev–Trinajstić information content (AvgIpc) is 2.60. The van der Waals surface area contributed by atoms with Gasteiger partial charge in [-0.3, -0.25) is 4.79 Å². The minimum Gasteiger partial charge on any atom is -0.324 e. The molecule has 0 aromatic heterocycles. The maximum Gasteiger partial charge on any atom is 0.246 e. The Morgan fingerprint density at radius 1 is 1.40 bits per heavy atom. The van der Waals surface area contributed by atoms with Crippen LogP contribution in [0.4, 0.5) is 5.69 Å². The second-order valence-electron chi connectivity index (χ2n) is 6.44. The molecule has 0 aliphatic carbocycles. The first kappa shape index (κ1) is 15.5. The van der Waals surface area contributed by atoms with Crippen LogP contribution in [0.5, 0.6) is 0 Å². The SMILES string of the molecule is CN(C)CC(C)(C)CNC1C(=O)Nc2ccc(Br)cc21. The van der Waals surface area contributed by atoms with Crippen LogP contribution in [0.1, 0.15) is 25.5 Å². The highest BCUT2D eigenvalue weighted by atomic mass is 79.9. The van der Waals surface area contributed by atoms with E-state index in [0.717, 1.165) is 28.8 Å². The molecule has 1 aromatic carbocycles. The third-order valence-electron chi connectivity index (χ3n) is 3.37. The Bertz CT molecular complexity index is 514. The van der Waals surface area contributed by atoms with Crippen LogP contribution >= 0.6 is 15.9 Å². The van der Waals surface area contributed by atoms with Gasteiger partial charge in [0.1, 0.15) is 6.04 Å². The predicted molar refractivity (Wildman–Crippen MR) is 85.9 cm³/mol. The minimum absolute atomic E-state index is 0.0266. The van der Waals surface area contributed by atoms with Crippen molar-refractivity contribution in [2.45, 2.75) is 19.9 Å². The van der Waals surface area contributed by atoms with E-state index in [1.165, 1.54) is 0 Å². The lowest BCUT2D eigenvalue weighted by Gasteiger charge is -2.29. The van der Waals surface area contributed by atoms with Crippen LogP contribution in [0.25, 0.3) is 0 Å². The average molecular weight is 340 g/mol. The van der Waals surface area contributed by atoms with Crippen molar-refractivity contribution < 1.29 is 4.79 Å². The van der Waals surface area contributed by atoms with Crippen LogP contribution in [-0.4, -0.2) is 38.0 Å². The molecule has 1 unspecified atom stereocenters. The standard InChI is InChI=1S/C15H22BrN3O/c1-15(2,9-19(3)4)8-17-13-11-7-10(16)5-6-12(11)18-14(13)20/h5-7,13,17H,8-9H2,1-4H3,(H,18,20). The maximum absolute atomic E-state index is 12.1. The lowest BCUT2D eigenvalue weighted by atomic mass is 9.92. The second-order valence-corrected chi connectivity index (χ2v) is 7.35. The third kappa shape index (κ3) is 3.59. The number of halogens is 1. The highest BCUT2D eigenvalue weighted by Gasteiger charge is 2.32. The van der Waals surface area contributed by atoms with Crippen LogP contribution in [0, 0.1) is 5.41 Å². The molecule has 1 aromatic rings. The molecule has 1 amide bonds. The number of fused-ring (bicyclic) bond motifs is 1. The van der Waals surface area contributed by atoms with E-state index in [9.17, 15) is 4.79 Å². The fourth-order valence-electron chi connectivity index (χ4n) is 2.73. The quantitative estimate of drug-likeness (QED) is 0.866. The Balaban J connectivity index is 2.08. The molecular formula is C15H22BrN3O. The highest BCUT2D eigenvalue weighted by Crippen LogP contribution is 2.33. The van der Waals surface area contributed by atoms with Crippen molar-refractivity contribution in [2.24, 2.45) is 5.41 Å². The monoisotopic (exact) mass is 339 g/mol. The molecule has 1 aliphatic heterocycles. The van der Waals surface area contributed by atoms with E-state index in [0.29, 0.717) is 0 Å².